The largest absolute Gasteiger partial charge is 0.495 e. The zero-order valence-corrected chi connectivity index (χ0v) is 17.7. The van der Waals surface area contributed by atoms with Crippen LogP contribution in [0.1, 0.15) is 43.5 Å². The summed E-state index contributed by atoms with van der Waals surface area (Å²) in [5.74, 6) is 0.648. The average Bonchev–Trinajstić information content (AvgIpc) is 3.53. The van der Waals surface area contributed by atoms with Crippen molar-refractivity contribution < 1.29 is 22.7 Å². The number of carbonyl (C=O) groups excluding carboxylic acids is 1. The maximum Gasteiger partial charge on any atom is 0.254 e. The number of benzene rings is 1. The molecule has 0 atom stereocenters. The van der Waals surface area contributed by atoms with Crippen LogP contribution in [-0.2, 0) is 14.8 Å². The monoisotopic (exact) mass is 410 g/mol. The zero-order chi connectivity index (χ0) is 20.3. The molecule has 1 amide bonds. The second-order valence-electron chi connectivity index (χ2n) is 7.79. The molecule has 0 bridgehead atoms. The fourth-order valence-electron chi connectivity index (χ4n) is 3.34. The molecule has 8 heteroatoms. The van der Waals surface area contributed by atoms with Crippen molar-refractivity contribution in [1.29, 1.82) is 0 Å². The highest BCUT2D eigenvalue weighted by molar-refractivity contribution is 7.89. The Kier molecular flexibility index (Phi) is 6.62. The molecule has 2 aliphatic rings. The summed E-state index contributed by atoms with van der Waals surface area (Å²) in [5.41, 5.74) is 0.392. The molecule has 1 saturated carbocycles. The van der Waals surface area contributed by atoms with Crippen LogP contribution in [0.3, 0.4) is 0 Å². The lowest BCUT2D eigenvalue weighted by Gasteiger charge is -2.27. The molecule has 1 aliphatic heterocycles. The van der Waals surface area contributed by atoms with Crippen LogP contribution in [0.25, 0.3) is 0 Å². The van der Waals surface area contributed by atoms with Crippen LogP contribution in [0.5, 0.6) is 5.75 Å². The standard InChI is InChI=1S/C20H30N2O5S/c1-15(2)8-9-22(17-5-6-17)20(23)16-4-7-18(26-3)19(14-16)28(24,25)21-10-12-27-13-11-21/h4,7,14-15,17H,5-6,8-13H2,1-3H3. The first-order valence-corrected chi connectivity index (χ1v) is 11.4. The lowest BCUT2D eigenvalue weighted by atomic mass is 10.1. The van der Waals surface area contributed by atoms with Crippen molar-refractivity contribution in [3.05, 3.63) is 23.8 Å². The van der Waals surface area contributed by atoms with E-state index in [1.165, 1.54) is 17.5 Å². The second kappa shape index (κ2) is 8.80. The Hall–Kier alpha value is -1.64. The predicted molar refractivity (Wildman–Crippen MR) is 106 cm³/mol. The number of ether oxygens (including phenoxy) is 2. The minimum Gasteiger partial charge on any atom is -0.495 e. The van der Waals surface area contributed by atoms with E-state index in [1.54, 1.807) is 12.1 Å². The Balaban J connectivity index is 1.90. The van der Waals surface area contributed by atoms with Gasteiger partial charge in [-0.25, -0.2) is 8.42 Å². The highest BCUT2D eigenvalue weighted by Crippen LogP contribution is 2.32. The van der Waals surface area contributed by atoms with Gasteiger partial charge in [0.15, 0.2) is 0 Å². The van der Waals surface area contributed by atoms with Crippen LogP contribution in [-0.4, -0.2) is 69.5 Å². The van der Waals surface area contributed by atoms with Crippen molar-refractivity contribution in [2.45, 2.75) is 44.0 Å². The zero-order valence-electron chi connectivity index (χ0n) is 16.9. The van der Waals surface area contributed by atoms with E-state index >= 15 is 0 Å². The van der Waals surface area contributed by atoms with Crippen molar-refractivity contribution in [3.63, 3.8) is 0 Å². The SMILES string of the molecule is COc1ccc(C(=O)N(CCC(C)C)C2CC2)cc1S(=O)(=O)N1CCOCC1. The van der Waals surface area contributed by atoms with Crippen molar-refractivity contribution in [2.24, 2.45) is 5.92 Å². The van der Waals surface area contributed by atoms with Gasteiger partial charge in [-0.2, -0.15) is 4.31 Å². The molecule has 3 rings (SSSR count). The van der Waals surface area contributed by atoms with Crippen LogP contribution < -0.4 is 4.74 Å². The van der Waals surface area contributed by atoms with Crippen molar-refractivity contribution in [2.75, 3.05) is 40.0 Å². The smallest absolute Gasteiger partial charge is 0.254 e. The molecular weight excluding hydrogens is 380 g/mol. The summed E-state index contributed by atoms with van der Waals surface area (Å²) in [7, 11) is -2.32. The topological polar surface area (TPSA) is 76.2 Å². The summed E-state index contributed by atoms with van der Waals surface area (Å²) >= 11 is 0. The Morgan fingerprint density at radius 3 is 2.54 bits per heavy atom. The molecule has 1 saturated heterocycles. The maximum absolute atomic E-state index is 13.2. The van der Waals surface area contributed by atoms with Gasteiger partial charge >= 0.3 is 0 Å². The molecule has 1 aliphatic carbocycles. The Bertz CT molecular complexity index is 799. The van der Waals surface area contributed by atoms with Gasteiger partial charge < -0.3 is 14.4 Å². The second-order valence-corrected chi connectivity index (χ2v) is 9.70. The number of methoxy groups -OCH3 is 1. The van der Waals surface area contributed by atoms with E-state index in [-0.39, 0.29) is 22.6 Å². The van der Waals surface area contributed by atoms with Gasteiger partial charge in [-0.3, -0.25) is 4.79 Å². The minimum atomic E-state index is -3.76. The molecule has 1 aromatic carbocycles. The first-order valence-electron chi connectivity index (χ1n) is 9.91. The molecule has 2 fully saturated rings. The van der Waals surface area contributed by atoms with E-state index in [0.717, 1.165) is 19.3 Å². The summed E-state index contributed by atoms with van der Waals surface area (Å²) in [6.07, 6.45) is 2.95. The lowest BCUT2D eigenvalue weighted by molar-refractivity contribution is 0.0726. The highest BCUT2D eigenvalue weighted by Gasteiger charge is 2.34. The summed E-state index contributed by atoms with van der Waals surface area (Å²) in [4.78, 5) is 15.1. The normalized spacial score (nSPS) is 18.3. The molecule has 1 heterocycles. The van der Waals surface area contributed by atoms with Gasteiger partial charge in [-0.15, -0.1) is 0 Å². The molecular formula is C20H30N2O5S. The molecule has 0 N–H and O–H groups in total. The van der Waals surface area contributed by atoms with E-state index in [2.05, 4.69) is 13.8 Å². The summed E-state index contributed by atoms with van der Waals surface area (Å²) in [5, 5.41) is 0. The molecule has 7 nitrogen and oxygen atoms in total. The van der Waals surface area contributed by atoms with Gasteiger partial charge in [0.2, 0.25) is 10.0 Å². The molecule has 1 aromatic rings. The van der Waals surface area contributed by atoms with Crippen molar-refractivity contribution in [3.8, 4) is 5.75 Å². The number of carbonyl (C=O) groups is 1. The number of rotatable bonds is 8. The van der Waals surface area contributed by atoms with E-state index in [9.17, 15) is 13.2 Å². The molecule has 28 heavy (non-hydrogen) atoms. The summed E-state index contributed by atoms with van der Waals surface area (Å²) < 4.78 is 38.2. The lowest BCUT2D eigenvalue weighted by Crippen LogP contribution is -2.41. The van der Waals surface area contributed by atoms with E-state index in [0.29, 0.717) is 44.3 Å². The number of nitrogens with zero attached hydrogens (tertiary/aromatic N) is 2. The van der Waals surface area contributed by atoms with Gasteiger partial charge in [0.25, 0.3) is 5.91 Å². The first-order chi connectivity index (χ1) is 13.3. The maximum atomic E-state index is 13.2. The average molecular weight is 411 g/mol. The predicted octanol–water partition coefficient (Wildman–Crippen LogP) is 2.37. The third kappa shape index (κ3) is 4.67. The minimum absolute atomic E-state index is 0.0438. The van der Waals surface area contributed by atoms with E-state index < -0.39 is 10.0 Å². The summed E-state index contributed by atoms with van der Waals surface area (Å²) in [6.45, 7) is 6.29. The van der Waals surface area contributed by atoms with Gasteiger partial charge in [0.05, 0.1) is 20.3 Å². The number of hydrogen-bond donors (Lipinski definition) is 0. The molecule has 156 valence electrons. The molecule has 0 unspecified atom stereocenters. The van der Waals surface area contributed by atoms with Crippen LogP contribution >= 0.6 is 0 Å². The third-order valence-corrected chi connectivity index (χ3v) is 7.11. The fourth-order valence-corrected chi connectivity index (χ4v) is 4.93. The van der Waals surface area contributed by atoms with Gasteiger partial charge in [0.1, 0.15) is 10.6 Å². The molecule has 0 radical (unpaired) electrons. The molecule has 0 spiro atoms. The van der Waals surface area contributed by atoms with Gasteiger partial charge in [-0.1, -0.05) is 13.8 Å². The first kappa shape index (κ1) is 21.1. The van der Waals surface area contributed by atoms with Crippen molar-refractivity contribution in [1.82, 2.24) is 9.21 Å². The van der Waals surface area contributed by atoms with E-state index in [4.69, 9.17) is 9.47 Å². The quantitative estimate of drug-likeness (QED) is 0.658. The third-order valence-electron chi connectivity index (χ3n) is 5.19. The summed E-state index contributed by atoms with van der Waals surface area (Å²) in [6, 6.07) is 4.97. The highest BCUT2D eigenvalue weighted by atomic mass is 32.2. The Morgan fingerprint density at radius 1 is 1.29 bits per heavy atom. The Labute approximate surface area is 167 Å². The number of morpholine rings is 1. The van der Waals surface area contributed by atoms with Crippen LogP contribution in [0.15, 0.2) is 23.1 Å². The number of sulfonamides is 1. The number of amides is 1. The fraction of sp³-hybridized carbons (Fsp3) is 0.650. The van der Waals surface area contributed by atoms with Crippen LogP contribution in [0.2, 0.25) is 0 Å². The van der Waals surface area contributed by atoms with Gasteiger partial charge in [-0.05, 0) is 43.4 Å². The van der Waals surface area contributed by atoms with Crippen molar-refractivity contribution >= 4 is 15.9 Å². The van der Waals surface area contributed by atoms with E-state index in [1.807, 2.05) is 4.90 Å². The van der Waals surface area contributed by atoms with Crippen LogP contribution in [0, 0.1) is 5.92 Å². The number of hydrogen-bond acceptors (Lipinski definition) is 5. The van der Waals surface area contributed by atoms with Gasteiger partial charge in [0, 0.05) is 31.2 Å². The Morgan fingerprint density at radius 2 is 1.96 bits per heavy atom. The molecule has 0 aromatic heterocycles. The van der Waals surface area contributed by atoms with Crippen LogP contribution in [0.4, 0.5) is 0 Å².